The van der Waals surface area contributed by atoms with Gasteiger partial charge in [0.25, 0.3) is 5.56 Å². The molecule has 2 atom stereocenters. The van der Waals surface area contributed by atoms with Gasteiger partial charge in [-0.3, -0.25) is 9.59 Å². The molecule has 1 fully saturated rings. The molecule has 0 aliphatic carbocycles. The van der Waals surface area contributed by atoms with E-state index in [0.29, 0.717) is 19.5 Å². The van der Waals surface area contributed by atoms with Crippen LogP contribution in [0.15, 0.2) is 82.2 Å². The van der Waals surface area contributed by atoms with E-state index in [1.54, 1.807) is 22.9 Å². The monoisotopic (exact) mass is 466 g/mol. The number of nitrogens with zero attached hydrogens (tertiary/aromatic N) is 1. The number of halogens is 1. The lowest BCUT2D eigenvalue weighted by atomic mass is 10.0. The quantitative estimate of drug-likeness (QED) is 0.522. The van der Waals surface area contributed by atoms with Crippen molar-refractivity contribution in [3.05, 3.63) is 104 Å². The Morgan fingerprint density at radius 1 is 1.00 bits per heavy atom. The maximum absolute atomic E-state index is 12.5. The summed E-state index contributed by atoms with van der Waals surface area (Å²) in [5.74, 6) is -0.0259. The first-order valence-corrected chi connectivity index (χ1v) is 10.7. The Hall–Kier alpha value is -2.74. The Bertz CT molecular complexity index is 1060. The second-order valence-corrected chi connectivity index (χ2v) is 8.30. The standard InChI is InChI=1S/C23H23BrN4O2/c24-19-10-8-18(9-11-19)20-13-21(27-26-20)23(30)25-14-16-4-6-17(7-5-16)15-28-12-2-1-3-22(28)29/h1-12,20-21,26-27H,13-15H2,(H,25,30). The van der Waals surface area contributed by atoms with Gasteiger partial charge in [0.15, 0.2) is 0 Å². The number of amides is 1. The van der Waals surface area contributed by atoms with Crippen molar-refractivity contribution in [2.24, 2.45) is 0 Å². The molecule has 3 N–H and O–H groups in total. The number of hydrogen-bond acceptors (Lipinski definition) is 4. The van der Waals surface area contributed by atoms with Crippen LogP contribution >= 0.6 is 15.9 Å². The Labute approximate surface area is 183 Å². The fourth-order valence-corrected chi connectivity index (χ4v) is 3.77. The highest BCUT2D eigenvalue weighted by molar-refractivity contribution is 9.10. The number of carbonyl (C=O) groups excluding carboxylic acids is 1. The lowest BCUT2D eigenvalue weighted by Gasteiger charge is -2.11. The number of rotatable bonds is 6. The summed E-state index contributed by atoms with van der Waals surface area (Å²) in [4.78, 5) is 24.4. The lowest BCUT2D eigenvalue weighted by molar-refractivity contribution is -0.123. The first kappa shape index (κ1) is 20.5. The molecule has 6 nitrogen and oxygen atoms in total. The molecular weight excluding hydrogens is 444 g/mol. The lowest BCUT2D eigenvalue weighted by Crippen LogP contribution is -2.42. The Balaban J connectivity index is 1.28. The summed E-state index contributed by atoms with van der Waals surface area (Å²) in [7, 11) is 0. The molecule has 0 bridgehead atoms. The molecule has 1 aliphatic rings. The summed E-state index contributed by atoms with van der Waals surface area (Å²) in [6.45, 7) is 0.993. The fourth-order valence-electron chi connectivity index (χ4n) is 3.50. The van der Waals surface area contributed by atoms with Crippen LogP contribution in [0.1, 0.15) is 29.2 Å². The zero-order chi connectivity index (χ0) is 20.9. The fraction of sp³-hybridized carbons (Fsp3) is 0.217. The third kappa shape index (κ3) is 5.05. The summed E-state index contributed by atoms with van der Waals surface area (Å²) in [6.07, 6.45) is 2.47. The van der Waals surface area contributed by atoms with Gasteiger partial charge in [-0.25, -0.2) is 10.9 Å². The first-order chi connectivity index (χ1) is 14.6. The third-order valence-electron chi connectivity index (χ3n) is 5.23. The van der Waals surface area contributed by atoms with Gasteiger partial charge in [0.2, 0.25) is 5.91 Å². The summed E-state index contributed by atoms with van der Waals surface area (Å²) < 4.78 is 2.70. The van der Waals surface area contributed by atoms with Crippen LogP contribution in [0, 0.1) is 0 Å². The number of carbonyl (C=O) groups is 1. The Kier molecular flexibility index (Phi) is 6.42. The number of pyridine rings is 1. The third-order valence-corrected chi connectivity index (χ3v) is 5.76. The average Bonchev–Trinajstić information content (AvgIpc) is 3.25. The Morgan fingerprint density at radius 2 is 1.73 bits per heavy atom. The topological polar surface area (TPSA) is 75.2 Å². The molecular formula is C23H23BrN4O2. The van der Waals surface area contributed by atoms with Gasteiger partial charge in [0.05, 0.1) is 6.54 Å². The normalized spacial score (nSPS) is 18.3. The zero-order valence-electron chi connectivity index (χ0n) is 16.3. The van der Waals surface area contributed by atoms with Gasteiger partial charge >= 0.3 is 0 Å². The van der Waals surface area contributed by atoms with E-state index >= 15 is 0 Å². The molecule has 1 aliphatic heterocycles. The number of benzene rings is 2. The minimum atomic E-state index is -0.275. The molecule has 2 unspecified atom stereocenters. The Morgan fingerprint density at radius 3 is 2.47 bits per heavy atom. The summed E-state index contributed by atoms with van der Waals surface area (Å²) in [5.41, 5.74) is 9.48. The van der Waals surface area contributed by atoms with Crippen LogP contribution in [-0.2, 0) is 17.9 Å². The van der Waals surface area contributed by atoms with Crippen molar-refractivity contribution in [2.75, 3.05) is 0 Å². The largest absolute Gasteiger partial charge is 0.351 e. The molecule has 1 aromatic heterocycles. The van der Waals surface area contributed by atoms with Gasteiger partial charge in [-0.15, -0.1) is 0 Å². The molecule has 7 heteroatoms. The average molecular weight is 467 g/mol. The molecule has 1 amide bonds. The van der Waals surface area contributed by atoms with E-state index < -0.39 is 0 Å². The van der Waals surface area contributed by atoms with E-state index in [-0.39, 0.29) is 23.6 Å². The molecule has 0 saturated carbocycles. The van der Waals surface area contributed by atoms with E-state index in [1.807, 2.05) is 42.5 Å². The van der Waals surface area contributed by atoms with E-state index in [0.717, 1.165) is 21.2 Å². The van der Waals surface area contributed by atoms with Crippen LogP contribution in [0.2, 0.25) is 0 Å². The molecule has 0 radical (unpaired) electrons. The molecule has 4 rings (SSSR count). The number of aromatic nitrogens is 1. The maximum Gasteiger partial charge on any atom is 0.250 e. The highest BCUT2D eigenvalue weighted by Gasteiger charge is 2.29. The summed E-state index contributed by atoms with van der Waals surface area (Å²) >= 11 is 3.44. The molecule has 3 aromatic rings. The maximum atomic E-state index is 12.5. The first-order valence-electron chi connectivity index (χ1n) is 9.86. The van der Waals surface area contributed by atoms with Crippen molar-refractivity contribution in [2.45, 2.75) is 31.6 Å². The van der Waals surface area contributed by atoms with E-state index in [9.17, 15) is 9.59 Å². The molecule has 2 aromatic carbocycles. The minimum Gasteiger partial charge on any atom is -0.351 e. The summed E-state index contributed by atoms with van der Waals surface area (Å²) in [6, 6.07) is 21.0. The van der Waals surface area contributed by atoms with Crippen LogP contribution in [0.25, 0.3) is 0 Å². The molecule has 1 saturated heterocycles. The van der Waals surface area contributed by atoms with Crippen LogP contribution in [-0.4, -0.2) is 16.5 Å². The van der Waals surface area contributed by atoms with Crippen LogP contribution in [0.5, 0.6) is 0 Å². The highest BCUT2D eigenvalue weighted by atomic mass is 79.9. The van der Waals surface area contributed by atoms with Gasteiger partial charge in [0, 0.05) is 29.3 Å². The van der Waals surface area contributed by atoms with Crippen molar-refractivity contribution >= 4 is 21.8 Å². The smallest absolute Gasteiger partial charge is 0.250 e. The van der Waals surface area contributed by atoms with E-state index in [4.69, 9.17) is 0 Å². The second-order valence-electron chi connectivity index (χ2n) is 7.38. The second kappa shape index (κ2) is 9.38. The van der Waals surface area contributed by atoms with Gasteiger partial charge in [-0.05, 0) is 41.3 Å². The zero-order valence-corrected chi connectivity index (χ0v) is 17.9. The van der Waals surface area contributed by atoms with Crippen LogP contribution in [0.4, 0.5) is 0 Å². The number of hydrazine groups is 1. The van der Waals surface area contributed by atoms with Crippen molar-refractivity contribution in [3.8, 4) is 0 Å². The van der Waals surface area contributed by atoms with E-state index in [1.165, 1.54) is 0 Å². The van der Waals surface area contributed by atoms with Crippen LogP contribution in [0.3, 0.4) is 0 Å². The molecule has 2 heterocycles. The van der Waals surface area contributed by atoms with Gasteiger partial charge in [-0.2, -0.15) is 0 Å². The van der Waals surface area contributed by atoms with Crippen molar-refractivity contribution < 1.29 is 4.79 Å². The predicted octanol–water partition coefficient (Wildman–Crippen LogP) is 2.88. The highest BCUT2D eigenvalue weighted by Crippen LogP contribution is 2.23. The van der Waals surface area contributed by atoms with Gasteiger partial charge in [0.1, 0.15) is 6.04 Å². The van der Waals surface area contributed by atoms with Crippen LogP contribution < -0.4 is 21.7 Å². The number of hydrogen-bond donors (Lipinski definition) is 3. The van der Waals surface area contributed by atoms with Crippen molar-refractivity contribution in [1.82, 2.24) is 20.7 Å². The van der Waals surface area contributed by atoms with Gasteiger partial charge in [-0.1, -0.05) is 58.4 Å². The predicted molar refractivity (Wildman–Crippen MR) is 120 cm³/mol. The van der Waals surface area contributed by atoms with E-state index in [2.05, 4.69) is 44.2 Å². The minimum absolute atomic E-state index is 0.0204. The van der Waals surface area contributed by atoms with Gasteiger partial charge < -0.3 is 9.88 Å². The molecule has 30 heavy (non-hydrogen) atoms. The molecule has 154 valence electrons. The SMILES string of the molecule is O=C(NCc1ccc(Cn2ccccc2=O)cc1)C1CC(c2ccc(Br)cc2)NN1. The van der Waals surface area contributed by atoms with Crippen molar-refractivity contribution in [1.29, 1.82) is 0 Å². The summed E-state index contributed by atoms with van der Waals surface area (Å²) in [5, 5.41) is 3.00. The number of nitrogens with one attached hydrogen (secondary N) is 3. The molecule has 0 spiro atoms. The van der Waals surface area contributed by atoms with Crippen molar-refractivity contribution in [3.63, 3.8) is 0 Å².